The van der Waals surface area contributed by atoms with E-state index in [0.29, 0.717) is 5.95 Å². The van der Waals surface area contributed by atoms with E-state index in [2.05, 4.69) is 23.5 Å². The zero-order chi connectivity index (χ0) is 9.14. The second kappa shape index (κ2) is 3.34. The molecule has 0 bridgehead atoms. The van der Waals surface area contributed by atoms with Crippen LogP contribution in [0.3, 0.4) is 0 Å². The molecule has 2 N–H and O–H groups in total. The molecule has 3 nitrogen and oxygen atoms in total. The highest BCUT2D eigenvalue weighted by atomic mass is 15.0. The zero-order valence-corrected chi connectivity index (χ0v) is 7.46. The molecule has 0 amide bonds. The molecule has 0 aliphatic heterocycles. The summed E-state index contributed by atoms with van der Waals surface area (Å²) < 4.78 is 0. The molecular weight excluding hydrogens is 150 g/mol. The van der Waals surface area contributed by atoms with E-state index in [9.17, 15) is 0 Å². The van der Waals surface area contributed by atoms with Crippen LogP contribution in [0.2, 0.25) is 0 Å². The smallest absolute Gasteiger partial charge is 0.220 e. The number of aryl methyl sites for hydroxylation is 1. The molecule has 12 heavy (non-hydrogen) atoms. The van der Waals surface area contributed by atoms with Crippen LogP contribution >= 0.6 is 0 Å². The molecular formula is C9H13N3. The van der Waals surface area contributed by atoms with Crippen molar-refractivity contribution < 1.29 is 0 Å². The number of nitrogen functional groups attached to an aromatic ring is 1. The van der Waals surface area contributed by atoms with Gasteiger partial charge in [-0.05, 0) is 25.0 Å². The van der Waals surface area contributed by atoms with Crippen molar-refractivity contribution in [2.24, 2.45) is 0 Å². The predicted octanol–water partition coefficient (Wildman–Crippen LogP) is 1.57. The normalized spacial score (nSPS) is 9.83. The minimum Gasteiger partial charge on any atom is -0.368 e. The molecule has 0 unspecified atom stereocenters. The van der Waals surface area contributed by atoms with Crippen LogP contribution in [0.5, 0.6) is 0 Å². The van der Waals surface area contributed by atoms with Crippen molar-refractivity contribution in [3.05, 3.63) is 23.5 Å². The summed E-state index contributed by atoms with van der Waals surface area (Å²) in [6.07, 6.45) is 2.62. The maximum atomic E-state index is 5.49. The van der Waals surface area contributed by atoms with E-state index in [1.165, 1.54) is 0 Å². The van der Waals surface area contributed by atoms with Crippen molar-refractivity contribution in [3.63, 3.8) is 0 Å². The van der Waals surface area contributed by atoms with E-state index < -0.39 is 0 Å². The Labute approximate surface area is 72.3 Å². The molecule has 0 spiro atoms. The standard InChI is InChI=1S/C9H13N3/c1-4-7-6(3)11-9(10)12-8(7)5-2/h5H,2,4H2,1,3H3,(H2,10,11,12). The first-order valence-corrected chi connectivity index (χ1v) is 3.94. The van der Waals surface area contributed by atoms with E-state index in [1.807, 2.05) is 6.92 Å². The fraction of sp³-hybridized carbons (Fsp3) is 0.333. The van der Waals surface area contributed by atoms with Crippen molar-refractivity contribution >= 4 is 12.0 Å². The van der Waals surface area contributed by atoms with E-state index >= 15 is 0 Å². The lowest BCUT2D eigenvalue weighted by Gasteiger charge is -2.06. The number of nitrogens with two attached hydrogens (primary N) is 1. The summed E-state index contributed by atoms with van der Waals surface area (Å²) in [5, 5.41) is 0. The van der Waals surface area contributed by atoms with Crippen LogP contribution in [-0.2, 0) is 6.42 Å². The van der Waals surface area contributed by atoms with Crippen molar-refractivity contribution in [2.75, 3.05) is 5.73 Å². The van der Waals surface area contributed by atoms with Crippen LogP contribution in [0, 0.1) is 6.92 Å². The van der Waals surface area contributed by atoms with Gasteiger partial charge in [-0.15, -0.1) is 0 Å². The Bertz CT molecular complexity index is 305. The first-order valence-electron chi connectivity index (χ1n) is 3.94. The van der Waals surface area contributed by atoms with Gasteiger partial charge < -0.3 is 5.73 Å². The van der Waals surface area contributed by atoms with Gasteiger partial charge in [-0.3, -0.25) is 0 Å². The highest BCUT2D eigenvalue weighted by molar-refractivity contribution is 5.50. The summed E-state index contributed by atoms with van der Waals surface area (Å²) in [7, 11) is 0. The molecule has 0 radical (unpaired) electrons. The topological polar surface area (TPSA) is 51.8 Å². The lowest BCUT2D eigenvalue weighted by molar-refractivity contribution is 0.995. The summed E-state index contributed by atoms with van der Waals surface area (Å²) in [5.74, 6) is 0.319. The lowest BCUT2D eigenvalue weighted by Crippen LogP contribution is -2.03. The third kappa shape index (κ3) is 1.44. The molecule has 0 fully saturated rings. The molecule has 0 saturated carbocycles. The molecule has 0 aliphatic carbocycles. The van der Waals surface area contributed by atoms with Crippen molar-refractivity contribution in [2.45, 2.75) is 20.3 Å². The van der Waals surface area contributed by atoms with Gasteiger partial charge in [0.25, 0.3) is 0 Å². The quantitative estimate of drug-likeness (QED) is 0.720. The molecule has 0 saturated heterocycles. The van der Waals surface area contributed by atoms with E-state index in [0.717, 1.165) is 23.4 Å². The third-order valence-electron chi connectivity index (χ3n) is 1.81. The van der Waals surface area contributed by atoms with Gasteiger partial charge in [0, 0.05) is 5.69 Å². The van der Waals surface area contributed by atoms with Gasteiger partial charge in [0.2, 0.25) is 5.95 Å². The second-order valence-electron chi connectivity index (χ2n) is 2.59. The number of anilines is 1. The summed E-state index contributed by atoms with van der Waals surface area (Å²) in [6.45, 7) is 7.67. The summed E-state index contributed by atoms with van der Waals surface area (Å²) in [5.41, 5.74) is 8.41. The first-order chi connectivity index (χ1) is 5.69. The SMILES string of the molecule is C=Cc1nc(N)nc(C)c1CC. The molecule has 1 aromatic heterocycles. The highest BCUT2D eigenvalue weighted by Crippen LogP contribution is 2.13. The summed E-state index contributed by atoms with van der Waals surface area (Å²) in [6, 6.07) is 0. The largest absolute Gasteiger partial charge is 0.368 e. The summed E-state index contributed by atoms with van der Waals surface area (Å²) in [4.78, 5) is 8.14. The van der Waals surface area contributed by atoms with Gasteiger partial charge in [-0.2, -0.15) is 0 Å². The Morgan fingerprint density at radius 3 is 2.67 bits per heavy atom. The average molecular weight is 163 g/mol. The Morgan fingerprint density at radius 1 is 1.50 bits per heavy atom. The van der Waals surface area contributed by atoms with Crippen LogP contribution in [0.15, 0.2) is 6.58 Å². The van der Waals surface area contributed by atoms with Crippen molar-refractivity contribution in [1.29, 1.82) is 0 Å². The average Bonchev–Trinajstić information content (AvgIpc) is 2.03. The maximum absolute atomic E-state index is 5.49. The maximum Gasteiger partial charge on any atom is 0.220 e. The Kier molecular flexibility index (Phi) is 2.43. The molecule has 0 aliphatic rings. The van der Waals surface area contributed by atoms with Crippen molar-refractivity contribution in [3.8, 4) is 0 Å². The van der Waals surface area contributed by atoms with Gasteiger partial charge >= 0.3 is 0 Å². The van der Waals surface area contributed by atoms with Crippen molar-refractivity contribution in [1.82, 2.24) is 9.97 Å². The first kappa shape index (κ1) is 8.71. The van der Waals surface area contributed by atoms with Gasteiger partial charge in [0.05, 0.1) is 5.69 Å². The van der Waals surface area contributed by atoms with E-state index in [1.54, 1.807) is 6.08 Å². The zero-order valence-electron chi connectivity index (χ0n) is 7.46. The highest BCUT2D eigenvalue weighted by Gasteiger charge is 2.04. The van der Waals surface area contributed by atoms with E-state index in [-0.39, 0.29) is 0 Å². The minimum absolute atomic E-state index is 0.319. The van der Waals surface area contributed by atoms with Crippen LogP contribution in [0.25, 0.3) is 6.08 Å². The van der Waals surface area contributed by atoms with Crippen LogP contribution in [0.4, 0.5) is 5.95 Å². The van der Waals surface area contributed by atoms with Gasteiger partial charge in [-0.1, -0.05) is 13.5 Å². The Morgan fingerprint density at radius 2 is 2.17 bits per heavy atom. The van der Waals surface area contributed by atoms with Gasteiger partial charge in [0.1, 0.15) is 0 Å². The molecule has 0 atom stereocenters. The predicted molar refractivity (Wildman–Crippen MR) is 50.7 cm³/mol. The number of hydrogen-bond acceptors (Lipinski definition) is 3. The van der Waals surface area contributed by atoms with Crippen LogP contribution in [-0.4, -0.2) is 9.97 Å². The number of aromatic nitrogens is 2. The van der Waals surface area contributed by atoms with E-state index in [4.69, 9.17) is 5.73 Å². The Balaban J connectivity index is 3.33. The number of nitrogens with zero attached hydrogens (tertiary/aromatic N) is 2. The van der Waals surface area contributed by atoms with Crippen LogP contribution in [0.1, 0.15) is 23.9 Å². The molecule has 3 heteroatoms. The lowest BCUT2D eigenvalue weighted by atomic mass is 10.1. The fourth-order valence-corrected chi connectivity index (χ4v) is 1.25. The summed E-state index contributed by atoms with van der Waals surface area (Å²) >= 11 is 0. The number of hydrogen-bond donors (Lipinski definition) is 1. The molecule has 64 valence electrons. The minimum atomic E-state index is 0.319. The number of rotatable bonds is 2. The van der Waals surface area contributed by atoms with Crippen LogP contribution < -0.4 is 5.73 Å². The van der Waals surface area contributed by atoms with Gasteiger partial charge in [-0.25, -0.2) is 9.97 Å². The molecule has 0 aromatic carbocycles. The monoisotopic (exact) mass is 163 g/mol. The second-order valence-corrected chi connectivity index (χ2v) is 2.59. The Hall–Kier alpha value is -1.38. The fourth-order valence-electron chi connectivity index (χ4n) is 1.25. The molecule has 1 rings (SSSR count). The van der Waals surface area contributed by atoms with Gasteiger partial charge in [0.15, 0.2) is 0 Å². The molecule has 1 heterocycles. The third-order valence-corrected chi connectivity index (χ3v) is 1.81. The molecule has 1 aromatic rings.